The predicted octanol–water partition coefficient (Wildman–Crippen LogP) is 3.23. The Kier molecular flexibility index (Phi) is 7.04. The third-order valence-electron chi connectivity index (χ3n) is 4.15. The van der Waals surface area contributed by atoms with Gasteiger partial charge < -0.3 is 5.32 Å². The Hall–Kier alpha value is 0.270. The Bertz CT molecular complexity index is 233. The molecule has 0 amide bonds. The van der Waals surface area contributed by atoms with E-state index in [9.17, 15) is 0 Å². The lowest BCUT2D eigenvalue weighted by Crippen LogP contribution is -2.63. The van der Waals surface area contributed by atoms with E-state index in [2.05, 4.69) is 44.2 Å². The van der Waals surface area contributed by atoms with E-state index < -0.39 is 0 Å². The highest BCUT2D eigenvalue weighted by Gasteiger charge is 2.34. The lowest BCUT2D eigenvalue weighted by molar-refractivity contribution is 0.0733. The maximum Gasteiger partial charge on any atom is 0.0278 e. The van der Waals surface area contributed by atoms with Gasteiger partial charge in [0.1, 0.15) is 0 Å². The summed E-state index contributed by atoms with van der Waals surface area (Å²) in [5, 5.41) is 3.77. The Morgan fingerprint density at radius 2 is 2.17 bits per heavy atom. The van der Waals surface area contributed by atoms with Gasteiger partial charge in [-0.2, -0.15) is 11.8 Å². The van der Waals surface area contributed by atoms with Crippen molar-refractivity contribution in [3.8, 4) is 0 Å². The Balaban J connectivity index is 2.55. The zero-order valence-corrected chi connectivity index (χ0v) is 13.8. The Morgan fingerprint density at radius 3 is 2.72 bits per heavy atom. The largest absolute Gasteiger partial charge is 0.309 e. The summed E-state index contributed by atoms with van der Waals surface area (Å²) in [5.41, 5.74) is 0.326. The van der Waals surface area contributed by atoms with Crippen molar-refractivity contribution in [3.05, 3.63) is 0 Å². The molecule has 1 N–H and O–H groups in total. The van der Waals surface area contributed by atoms with Crippen molar-refractivity contribution in [2.24, 2.45) is 5.92 Å². The molecule has 2 atom stereocenters. The van der Waals surface area contributed by atoms with Crippen LogP contribution in [0.5, 0.6) is 0 Å². The highest BCUT2D eigenvalue weighted by molar-refractivity contribution is 7.98. The van der Waals surface area contributed by atoms with E-state index in [1.165, 1.54) is 44.6 Å². The van der Waals surface area contributed by atoms with E-state index in [4.69, 9.17) is 0 Å². The van der Waals surface area contributed by atoms with Gasteiger partial charge in [-0.25, -0.2) is 0 Å². The summed E-state index contributed by atoms with van der Waals surface area (Å²) < 4.78 is 0. The van der Waals surface area contributed by atoms with E-state index in [0.717, 1.165) is 12.0 Å². The van der Waals surface area contributed by atoms with Crippen LogP contribution in [-0.2, 0) is 0 Å². The number of piperazine rings is 1. The third-order valence-corrected chi connectivity index (χ3v) is 4.85. The van der Waals surface area contributed by atoms with E-state index in [1.807, 2.05) is 11.8 Å². The molecule has 2 nitrogen and oxygen atoms in total. The lowest BCUT2D eigenvalue weighted by atomic mass is 9.90. The van der Waals surface area contributed by atoms with Crippen LogP contribution in [0.2, 0.25) is 0 Å². The number of nitrogens with zero attached hydrogens (tertiary/aromatic N) is 1. The topological polar surface area (TPSA) is 15.3 Å². The number of hydrogen-bond donors (Lipinski definition) is 1. The molecule has 1 saturated heterocycles. The monoisotopic (exact) mass is 272 g/mol. The van der Waals surface area contributed by atoms with E-state index >= 15 is 0 Å². The Morgan fingerprint density at radius 1 is 1.44 bits per heavy atom. The van der Waals surface area contributed by atoms with Gasteiger partial charge in [-0.15, -0.1) is 0 Å². The number of rotatable bonds is 7. The van der Waals surface area contributed by atoms with Gasteiger partial charge in [-0.05, 0) is 50.7 Å². The highest BCUT2D eigenvalue weighted by atomic mass is 32.2. The second-order valence-corrected chi connectivity index (χ2v) is 7.38. The first kappa shape index (κ1) is 16.3. The van der Waals surface area contributed by atoms with Crippen LogP contribution in [0.25, 0.3) is 0 Å². The number of hydrogen-bond acceptors (Lipinski definition) is 3. The lowest BCUT2D eigenvalue weighted by Gasteiger charge is -2.46. The standard InChI is InChI=1S/C15H32N2S/c1-6-15(4)12-17(8-7-9-18-5)14(11-16-15)10-13(2)3/h13-14,16H,6-12H2,1-5H3. The van der Waals surface area contributed by atoms with Crippen molar-refractivity contribution in [1.82, 2.24) is 10.2 Å². The predicted molar refractivity (Wildman–Crippen MR) is 84.5 cm³/mol. The van der Waals surface area contributed by atoms with Crippen LogP contribution in [-0.4, -0.2) is 48.1 Å². The highest BCUT2D eigenvalue weighted by Crippen LogP contribution is 2.22. The molecule has 0 aromatic carbocycles. The zero-order chi connectivity index (χ0) is 13.6. The van der Waals surface area contributed by atoms with Gasteiger partial charge in [-0.3, -0.25) is 4.90 Å². The maximum atomic E-state index is 3.77. The van der Waals surface area contributed by atoms with Gasteiger partial charge in [0.15, 0.2) is 0 Å². The first-order valence-corrected chi connectivity index (χ1v) is 8.88. The summed E-state index contributed by atoms with van der Waals surface area (Å²) in [6.07, 6.45) is 6.08. The SMILES string of the molecule is CCC1(C)CN(CCCSC)C(CC(C)C)CN1. The minimum Gasteiger partial charge on any atom is -0.309 e. The third kappa shape index (κ3) is 5.10. The summed E-state index contributed by atoms with van der Waals surface area (Å²) >= 11 is 1.97. The summed E-state index contributed by atoms with van der Waals surface area (Å²) in [7, 11) is 0. The summed E-state index contributed by atoms with van der Waals surface area (Å²) in [5.74, 6) is 2.09. The molecule has 1 rings (SSSR count). The molecule has 1 aliphatic rings. The smallest absolute Gasteiger partial charge is 0.0278 e. The first-order valence-electron chi connectivity index (χ1n) is 7.48. The van der Waals surface area contributed by atoms with Crippen LogP contribution >= 0.6 is 11.8 Å². The van der Waals surface area contributed by atoms with Crippen LogP contribution in [0, 0.1) is 5.92 Å². The van der Waals surface area contributed by atoms with Crippen molar-refractivity contribution >= 4 is 11.8 Å². The molecule has 0 spiro atoms. The minimum absolute atomic E-state index is 0.326. The van der Waals surface area contributed by atoms with Crippen molar-refractivity contribution in [2.75, 3.05) is 31.6 Å². The average molecular weight is 273 g/mol. The normalized spacial score (nSPS) is 30.0. The van der Waals surface area contributed by atoms with Crippen LogP contribution in [0.3, 0.4) is 0 Å². The molecule has 0 aromatic rings. The fraction of sp³-hybridized carbons (Fsp3) is 1.00. The first-order chi connectivity index (χ1) is 8.50. The zero-order valence-electron chi connectivity index (χ0n) is 13.0. The van der Waals surface area contributed by atoms with Crippen molar-refractivity contribution < 1.29 is 0 Å². The van der Waals surface area contributed by atoms with Crippen molar-refractivity contribution in [2.45, 2.75) is 58.5 Å². The minimum atomic E-state index is 0.326. The molecule has 18 heavy (non-hydrogen) atoms. The molecule has 1 aliphatic heterocycles. The van der Waals surface area contributed by atoms with Crippen LogP contribution < -0.4 is 5.32 Å². The fourth-order valence-corrected chi connectivity index (χ4v) is 3.23. The van der Waals surface area contributed by atoms with Gasteiger partial charge in [-0.1, -0.05) is 20.8 Å². The quantitative estimate of drug-likeness (QED) is 0.716. The molecule has 0 bridgehead atoms. The van der Waals surface area contributed by atoms with Gasteiger partial charge in [0.2, 0.25) is 0 Å². The van der Waals surface area contributed by atoms with Gasteiger partial charge in [0, 0.05) is 24.7 Å². The molecular formula is C15H32N2S. The van der Waals surface area contributed by atoms with Gasteiger partial charge in [0.25, 0.3) is 0 Å². The molecule has 0 saturated carbocycles. The van der Waals surface area contributed by atoms with Crippen LogP contribution in [0.1, 0.15) is 47.0 Å². The van der Waals surface area contributed by atoms with Crippen molar-refractivity contribution in [3.63, 3.8) is 0 Å². The van der Waals surface area contributed by atoms with Crippen molar-refractivity contribution in [1.29, 1.82) is 0 Å². The molecular weight excluding hydrogens is 240 g/mol. The summed E-state index contributed by atoms with van der Waals surface area (Å²) in [4.78, 5) is 2.75. The fourth-order valence-electron chi connectivity index (χ4n) is 2.81. The molecule has 1 fully saturated rings. The second-order valence-electron chi connectivity index (χ2n) is 6.40. The van der Waals surface area contributed by atoms with E-state index in [-0.39, 0.29) is 0 Å². The molecule has 1 heterocycles. The van der Waals surface area contributed by atoms with Gasteiger partial charge >= 0.3 is 0 Å². The molecule has 0 aromatic heterocycles. The van der Waals surface area contributed by atoms with E-state index in [0.29, 0.717) is 5.54 Å². The molecule has 108 valence electrons. The Labute approximate surface area is 118 Å². The average Bonchev–Trinajstić information content (AvgIpc) is 2.33. The maximum absolute atomic E-state index is 3.77. The summed E-state index contributed by atoms with van der Waals surface area (Å²) in [6, 6.07) is 0.742. The molecule has 0 radical (unpaired) electrons. The molecule has 2 unspecified atom stereocenters. The second kappa shape index (κ2) is 7.76. The van der Waals surface area contributed by atoms with Crippen LogP contribution in [0.15, 0.2) is 0 Å². The summed E-state index contributed by atoms with van der Waals surface area (Å²) in [6.45, 7) is 13.0. The number of thioether (sulfide) groups is 1. The number of nitrogens with one attached hydrogen (secondary N) is 1. The molecule has 3 heteroatoms. The van der Waals surface area contributed by atoms with Gasteiger partial charge in [0.05, 0.1) is 0 Å². The molecule has 0 aliphatic carbocycles. The van der Waals surface area contributed by atoms with Crippen LogP contribution in [0.4, 0.5) is 0 Å². The van der Waals surface area contributed by atoms with E-state index in [1.54, 1.807) is 0 Å².